The molecule has 0 atom stereocenters. The van der Waals surface area contributed by atoms with Crippen molar-refractivity contribution in [3.05, 3.63) is 0 Å². The van der Waals surface area contributed by atoms with Gasteiger partial charge in [-0.05, 0) is 57.8 Å². The fourth-order valence-corrected chi connectivity index (χ4v) is 3.78. The van der Waals surface area contributed by atoms with Gasteiger partial charge in [0.25, 0.3) is 0 Å². The highest BCUT2D eigenvalue weighted by molar-refractivity contribution is 5.69. The van der Waals surface area contributed by atoms with Crippen LogP contribution >= 0.6 is 0 Å². The van der Waals surface area contributed by atoms with Gasteiger partial charge in [-0.1, -0.05) is 19.3 Å². The van der Waals surface area contributed by atoms with Gasteiger partial charge in [-0.15, -0.1) is 0 Å². The third-order valence-corrected chi connectivity index (χ3v) is 4.99. The van der Waals surface area contributed by atoms with Gasteiger partial charge in [-0.3, -0.25) is 4.79 Å². The van der Waals surface area contributed by atoms with Crippen molar-refractivity contribution in [2.24, 2.45) is 5.92 Å². The summed E-state index contributed by atoms with van der Waals surface area (Å²) >= 11 is 0. The summed E-state index contributed by atoms with van der Waals surface area (Å²) in [5.74, 6) is 0.721. The van der Waals surface area contributed by atoms with Crippen molar-refractivity contribution in [1.82, 2.24) is 5.32 Å². The zero-order chi connectivity index (χ0) is 14.2. The summed E-state index contributed by atoms with van der Waals surface area (Å²) in [4.78, 5) is 11.4. The largest absolute Gasteiger partial charge is 0.466 e. The highest BCUT2D eigenvalue weighted by atomic mass is 16.5. The molecule has 0 aromatic rings. The van der Waals surface area contributed by atoms with Crippen LogP contribution in [-0.4, -0.2) is 24.7 Å². The highest BCUT2D eigenvalue weighted by Gasteiger charge is 2.24. The first kappa shape index (κ1) is 15.8. The Morgan fingerprint density at radius 2 is 1.65 bits per heavy atom. The van der Waals surface area contributed by atoms with Gasteiger partial charge in [-0.2, -0.15) is 0 Å². The molecule has 0 bridgehead atoms. The summed E-state index contributed by atoms with van der Waals surface area (Å²) in [6, 6.07) is 1.52. The van der Waals surface area contributed by atoms with Gasteiger partial charge in [0.15, 0.2) is 0 Å². The molecule has 1 N–H and O–H groups in total. The van der Waals surface area contributed by atoms with E-state index in [2.05, 4.69) is 5.32 Å². The SMILES string of the molecule is CCOC(=O)CCC1CCC(NC2CCCCC2)CC1. The molecule has 2 rings (SSSR count). The lowest BCUT2D eigenvalue weighted by molar-refractivity contribution is -0.143. The molecule has 0 unspecified atom stereocenters. The summed E-state index contributed by atoms with van der Waals surface area (Å²) < 4.78 is 5.00. The Morgan fingerprint density at radius 1 is 1.00 bits per heavy atom. The van der Waals surface area contributed by atoms with Crippen LogP contribution in [0.2, 0.25) is 0 Å². The molecule has 2 fully saturated rings. The Hall–Kier alpha value is -0.570. The van der Waals surface area contributed by atoms with Crippen molar-refractivity contribution in [3.8, 4) is 0 Å². The fraction of sp³-hybridized carbons (Fsp3) is 0.941. The molecule has 3 nitrogen and oxygen atoms in total. The van der Waals surface area contributed by atoms with Gasteiger partial charge < -0.3 is 10.1 Å². The zero-order valence-corrected chi connectivity index (χ0v) is 13.0. The van der Waals surface area contributed by atoms with Crippen molar-refractivity contribution >= 4 is 5.97 Å². The lowest BCUT2D eigenvalue weighted by Gasteiger charge is -2.33. The second-order valence-electron chi connectivity index (χ2n) is 6.56. The Kier molecular flexibility index (Phi) is 6.85. The van der Waals surface area contributed by atoms with Gasteiger partial charge in [0, 0.05) is 18.5 Å². The molecule has 0 amide bonds. The Bertz CT molecular complexity index is 279. The van der Waals surface area contributed by atoms with E-state index in [1.54, 1.807) is 0 Å². The van der Waals surface area contributed by atoms with Crippen LogP contribution in [0, 0.1) is 5.92 Å². The zero-order valence-electron chi connectivity index (χ0n) is 13.0. The van der Waals surface area contributed by atoms with E-state index in [0.717, 1.165) is 24.4 Å². The average Bonchev–Trinajstić information content (AvgIpc) is 2.48. The molecule has 3 heteroatoms. The summed E-state index contributed by atoms with van der Waals surface area (Å²) in [6.07, 6.45) is 13.8. The molecule has 0 saturated heterocycles. The van der Waals surface area contributed by atoms with Crippen LogP contribution in [0.15, 0.2) is 0 Å². The van der Waals surface area contributed by atoms with Crippen LogP contribution in [0.3, 0.4) is 0 Å². The number of carbonyl (C=O) groups excluding carboxylic acids is 1. The van der Waals surface area contributed by atoms with Crippen LogP contribution in [-0.2, 0) is 9.53 Å². The maximum atomic E-state index is 11.4. The van der Waals surface area contributed by atoms with Crippen molar-refractivity contribution < 1.29 is 9.53 Å². The van der Waals surface area contributed by atoms with E-state index in [-0.39, 0.29) is 5.97 Å². The minimum atomic E-state index is -0.0186. The summed E-state index contributed by atoms with van der Waals surface area (Å²) in [5.41, 5.74) is 0. The maximum absolute atomic E-state index is 11.4. The topological polar surface area (TPSA) is 38.3 Å². The van der Waals surface area contributed by atoms with Crippen molar-refractivity contribution in [2.45, 2.75) is 89.6 Å². The predicted molar refractivity (Wildman–Crippen MR) is 81.6 cm³/mol. The second kappa shape index (κ2) is 8.66. The average molecular weight is 281 g/mol. The van der Waals surface area contributed by atoms with E-state index in [9.17, 15) is 4.79 Å². The summed E-state index contributed by atoms with van der Waals surface area (Å²) in [7, 11) is 0. The van der Waals surface area contributed by atoms with Crippen LogP contribution in [0.5, 0.6) is 0 Å². The molecular weight excluding hydrogens is 250 g/mol. The van der Waals surface area contributed by atoms with Crippen LogP contribution in [0.1, 0.15) is 77.6 Å². The normalized spacial score (nSPS) is 28.2. The number of esters is 1. The molecule has 0 heterocycles. The molecule has 0 aromatic carbocycles. The van der Waals surface area contributed by atoms with E-state index in [1.807, 2.05) is 6.92 Å². The van der Waals surface area contributed by atoms with Gasteiger partial charge in [0.2, 0.25) is 0 Å². The molecule has 0 radical (unpaired) electrons. The van der Waals surface area contributed by atoms with Crippen LogP contribution in [0.4, 0.5) is 0 Å². The standard InChI is InChI=1S/C17H31NO2/c1-2-20-17(19)13-10-14-8-11-16(12-9-14)18-15-6-4-3-5-7-15/h14-16,18H,2-13H2,1H3. The van der Waals surface area contributed by atoms with E-state index in [4.69, 9.17) is 4.74 Å². The molecule has 2 aliphatic carbocycles. The van der Waals surface area contributed by atoms with Crippen molar-refractivity contribution in [3.63, 3.8) is 0 Å². The first-order chi connectivity index (χ1) is 9.78. The minimum absolute atomic E-state index is 0.0186. The van der Waals surface area contributed by atoms with Crippen LogP contribution in [0.25, 0.3) is 0 Å². The van der Waals surface area contributed by atoms with Gasteiger partial charge in [0.05, 0.1) is 6.61 Å². The van der Waals surface area contributed by atoms with E-state index in [0.29, 0.717) is 13.0 Å². The number of nitrogens with one attached hydrogen (secondary N) is 1. The molecule has 2 aliphatic rings. The van der Waals surface area contributed by atoms with Gasteiger partial charge >= 0.3 is 5.97 Å². The fourth-order valence-electron chi connectivity index (χ4n) is 3.78. The van der Waals surface area contributed by atoms with Gasteiger partial charge in [0.1, 0.15) is 0 Å². The number of rotatable bonds is 6. The number of hydrogen-bond acceptors (Lipinski definition) is 3. The summed E-state index contributed by atoms with van der Waals surface area (Å²) in [5, 5.41) is 3.87. The summed E-state index contributed by atoms with van der Waals surface area (Å²) in [6.45, 7) is 2.39. The van der Waals surface area contributed by atoms with Gasteiger partial charge in [-0.25, -0.2) is 0 Å². The number of ether oxygens (including phenoxy) is 1. The van der Waals surface area contributed by atoms with E-state index < -0.39 is 0 Å². The van der Waals surface area contributed by atoms with Crippen molar-refractivity contribution in [1.29, 1.82) is 0 Å². The maximum Gasteiger partial charge on any atom is 0.305 e. The van der Waals surface area contributed by atoms with Crippen LogP contribution < -0.4 is 5.32 Å². The monoisotopic (exact) mass is 281 g/mol. The molecule has 116 valence electrons. The third kappa shape index (κ3) is 5.43. The number of hydrogen-bond donors (Lipinski definition) is 1. The highest BCUT2D eigenvalue weighted by Crippen LogP contribution is 2.29. The molecule has 20 heavy (non-hydrogen) atoms. The quantitative estimate of drug-likeness (QED) is 0.752. The molecular formula is C17H31NO2. The molecule has 0 aromatic heterocycles. The second-order valence-corrected chi connectivity index (χ2v) is 6.56. The predicted octanol–water partition coefficient (Wildman–Crippen LogP) is 3.81. The van der Waals surface area contributed by atoms with E-state index in [1.165, 1.54) is 57.8 Å². The first-order valence-corrected chi connectivity index (χ1v) is 8.69. The molecule has 2 saturated carbocycles. The van der Waals surface area contributed by atoms with Crippen molar-refractivity contribution in [2.75, 3.05) is 6.61 Å². The lowest BCUT2D eigenvalue weighted by atomic mass is 9.82. The Morgan fingerprint density at radius 3 is 2.30 bits per heavy atom. The smallest absolute Gasteiger partial charge is 0.305 e. The number of carbonyl (C=O) groups is 1. The third-order valence-electron chi connectivity index (χ3n) is 4.99. The molecule has 0 aliphatic heterocycles. The minimum Gasteiger partial charge on any atom is -0.466 e. The lowest BCUT2D eigenvalue weighted by Crippen LogP contribution is -2.41. The Balaban J connectivity index is 1.58. The first-order valence-electron chi connectivity index (χ1n) is 8.69. The van der Waals surface area contributed by atoms with E-state index >= 15 is 0 Å². The Labute approximate surface area is 123 Å². The molecule has 0 spiro atoms.